The van der Waals surface area contributed by atoms with Gasteiger partial charge in [-0.1, -0.05) is 39.5 Å². The number of nitrogens with two attached hydrogens (primary N) is 1. The van der Waals surface area contributed by atoms with Gasteiger partial charge in [0.2, 0.25) is 11.8 Å². The molecule has 0 aromatic carbocycles. The number of hydrogen-bond donors (Lipinski definition) is 10. The first kappa shape index (κ1) is 52.2. The lowest BCUT2D eigenvalue weighted by Crippen LogP contribution is -2.46. The number of nitrogens with one attached hydrogen (secondary N) is 2. The molecule has 2 aromatic heterocycles. The Morgan fingerprint density at radius 1 is 0.983 bits per heavy atom. The minimum atomic E-state index is -5.56. The van der Waals surface area contributed by atoms with Gasteiger partial charge in [-0.25, -0.2) is 28.6 Å². The number of carbonyl (C=O) groups is 4. The molecule has 3 rings (SSSR count). The van der Waals surface area contributed by atoms with Crippen LogP contribution < -0.4 is 16.4 Å². The maximum Gasteiger partial charge on any atom is 0.481 e. The summed E-state index contributed by atoms with van der Waals surface area (Å²) in [7, 11) is -16.4. The molecule has 2 amide bonds. The highest BCUT2D eigenvalue weighted by Crippen LogP contribution is 2.61. The Morgan fingerprint density at radius 2 is 1.63 bits per heavy atom. The average molecular weight is 926 g/mol. The summed E-state index contributed by atoms with van der Waals surface area (Å²) in [5.74, 6) is -1.77. The number of anilines is 1. The Morgan fingerprint density at radius 3 is 2.22 bits per heavy atom. The number of nitrogen functional groups attached to an aromatic ring is 1. The Labute approximate surface area is 341 Å². The van der Waals surface area contributed by atoms with Crippen LogP contribution in [-0.4, -0.2) is 134 Å². The Bertz CT molecular complexity index is 1880. The molecule has 1 saturated heterocycles. The van der Waals surface area contributed by atoms with E-state index in [1.54, 1.807) is 0 Å². The molecular formula is C29H50N7O19P3S. The van der Waals surface area contributed by atoms with Gasteiger partial charge in [-0.15, -0.1) is 0 Å². The molecule has 0 spiro atoms. The van der Waals surface area contributed by atoms with Crippen LogP contribution in [0.1, 0.15) is 66.0 Å². The number of fused-ring (bicyclic) bond motifs is 1. The normalized spacial score (nSPS) is 20.8. The topological polar surface area (TPSA) is 401 Å². The fourth-order valence-electron chi connectivity index (χ4n) is 4.79. The summed E-state index contributed by atoms with van der Waals surface area (Å²) in [5, 5.41) is 34.2. The fraction of sp³-hybridized carbons (Fsp3) is 0.690. The van der Waals surface area contributed by atoms with Crippen molar-refractivity contribution in [2.45, 2.75) is 90.4 Å². The third kappa shape index (κ3) is 17.9. The second-order valence-electron chi connectivity index (χ2n) is 13.2. The minimum Gasteiger partial charge on any atom is -0.481 e. The average Bonchev–Trinajstić information content (AvgIpc) is 3.68. The number of thioether (sulfide) groups is 1. The van der Waals surface area contributed by atoms with Crippen molar-refractivity contribution in [3.63, 3.8) is 0 Å². The summed E-state index contributed by atoms with van der Waals surface area (Å²) < 4.78 is 61.9. The summed E-state index contributed by atoms with van der Waals surface area (Å²) in [4.78, 5) is 96.4. The molecule has 7 atom stereocenters. The van der Waals surface area contributed by atoms with Crippen molar-refractivity contribution in [1.29, 1.82) is 0 Å². The third-order valence-corrected chi connectivity index (χ3v) is 11.7. The number of phosphoric ester groups is 3. The van der Waals surface area contributed by atoms with Gasteiger partial charge in [0.15, 0.2) is 22.8 Å². The second-order valence-corrected chi connectivity index (χ2v) is 18.6. The molecule has 11 N–H and O–H groups in total. The van der Waals surface area contributed by atoms with E-state index in [1.807, 2.05) is 13.8 Å². The zero-order valence-electron chi connectivity index (χ0n) is 32.3. The smallest absolute Gasteiger partial charge is 0.481 e. The summed E-state index contributed by atoms with van der Waals surface area (Å²) in [5.41, 5.74) is 4.27. The molecule has 1 aliphatic heterocycles. The number of carbonyl (C=O) groups excluding carboxylic acids is 3. The molecule has 1 fully saturated rings. The fourth-order valence-corrected chi connectivity index (χ4v) is 8.39. The number of nitrogens with zero attached hydrogens (tertiary/aromatic N) is 4. The first-order valence-corrected chi connectivity index (χ1v) is 23.1. The van der Waals surface area contributed by atoms with E-state index in [0.717, 1.165) is 41.8 Å². The number of imidazole rings is 1. The number of amides is 2. The molecule has 59 heavy (non-hydrogen) atoms. The second kappa shape index (κ2) is 23.3. The van der Waals surface area contributed by atoms with Gasteiger partial charge in [-0.3, -0.25) is 37.3 Å². The van der Waals surface area contributed by atoms with Crippen LogP contribution in [0.3, 0.4) is 0 Å². The molecular weight excluding hydrogens is 875 g/mol. The first-order valence-electron chi connectivity index (χ1n) is 17.6. The van der Waals surface area contributed by atoms with Crippen LogP contribution in [0.5, 0.6) is 0 Å². The number of aliphatic hydroxyl groups excluding tert-OH is 2. The van der Waals surface area contributed by atoms with Crippen LogP contribution in [0.4, 0.5) is 5.82 Å². The number of hydrogen-bond acceptors (Lipinski definition) is 19. The summed E-state index contributed by atoms with van der Waals surface area (Å²) in [6.45, 7) is 4.26. The number of carboxylic acid groups (broad SMARTS) is 1. The van der Waals surface area contributed by atoms with Gasteiger partial charge in [0.05, 0.1) is 19.5 Å². The number of aliphatic hydroxyl groups is 2. The molecule has 0 aliphatic carbocycles. The monoisotopic (exact) mass is 925 g/mol. The molecule has 1 aliphatic rings. The van der Waals surface area contributed by atoms with Crippen molar-refractivity contribution in [2.75, 3.05) is 37.8 Å². The van der Waals surface area contributed by atoms with Gasteiger partial charge < -0.3 is 56.0 Å². The Kier molecular flexibility index (Phi) is 20.6. The predicted octanol–water partition coefficient (Wildman–Crippen LogP) is 0.336. The molecule has 30 heteroatoms. The van der Waals surface area contributed by atoms with Crippen molar-refractivity contribution >= 4 is 75.1 Å². The maximum atomic E-state index is 12.6. The highest BCUT2D eigenvalue weighted by Gasteiger charge is 2.50. The number of aromatic nitrogens is 4. The van der Waals surface area contributed by atoms with E-state index in [-0.39, 0.29) is 41.6 Å². The third-order valence-electron chi connectivity index (χ3n) is 7.68. The minimum absolute atomic E-state index is 0.0127. The van der Waals surface area contributed by atoms with E-state index in [9.17, 15) is 62.7 Å². The van der Waals surface area contributed by atoms with Gasteiger partial charge in [-0.05, 0) is 12.8 Å². The van der Waals surface area contributed by atoms with Crippen LogP contribution in [0.2, 0.25) is 0 Å². The van der Waals surface area contributed by atoms with Gasteiger partial charge in [0, 0.05) is 43.5 Å². The van der Waals surface area contributed by atoms with E-state index < -0.39 is 90.5 Å². The van der Waals surface area contributed by atoms with Gasteiger partial charge in [0.25, 0.3) is 0 Å². The summed E-state index contributed by atoms with van der Waals surface area (Å²) in [6.07, 6.45) is -4.71. The van der Waals surface area contributed by atoms with E-state index in [1.165, 1.54) is 13.8 Å². The van der Waals surface area contributed by atoms with E-state index >= 15 is 0 Å². The van der Waals surface area contributed by atoms with Gasteiger partial charge in [0.1, 0.15) is 36.3 Å². The van der Waals surface area contributed by atoms with E-state index in [0.29, 0.717) is 18.6 Å². The maximum absolute atomic E-state index is 12.6. The molecule has 0 saturated carbocycles. The standard InChI is InChI=1S/C25H42N7O17P3S.C4H8O2/c1-4-5-16(34)53-9-8-27-15(33)6-7-28-23(37)20(36)25(2,3)11-46-52(43,44)49-51(41,42)45-10-14-19(48-50(38,39)40)18(35)24(47-14)32-13-31-17-21(26)29-12-30-22(17)32;1-2-3-4(5)6/h12-14,18-20,24,35-36H,4-11H2,1-3H3,(H,27,33)(H,28,37)(H,41,42)(H,43,44)(H2,26,29,30)(H2,38,39,40);2-3H2,1H3,(H,5,6)/t14-,18-,19-,20+,24-;/m1./s1. The van der Waals surface area contributed by atoms with E-state index in [4.69, 9.17) is 24.6 Å². The molecule has 3 heterocycles. The van der Waals surface area contributed by atoms with Crippen LogP contribution >= 0.6 is 35.2 Å². The Balaban J connectivity index is 0.00000185. The SMILES string of the molecule is CCCC(=O)O.CCCC(=O)SCCNC(=O)CCNC(=O)[C@H](O)C(C)(C)COP(=O)(O)OP(=O)(O)OC[C@H]1O[C@@H](n2cnc3c(N)ncnc32)[C@H](O)[C@@H]1OP(=O)(O)O. The molecule has 0 bridgehead atoms. The van der Waals surface area contributed by atoms with Crippen LogP contribution in [0.25, 0.3) is 11.2 Å². The Hall–Kier alpha value is -2.97. The lowest BCUT2D eigenvalue weighted by atomic mass is 9.87. The quantitative estimate of drug-likeness (QED) is 0.0530. The highest BCUT2D eigenvalue weighted by molar-refractivity contribution is 8.13. The van der Waals surface area contributed by atoms with Crippen LogP contribution in [-0.2, 0) is 55.5 Å². The zero-order valence-corrected chi connectivity index (χ0v) is 35.8. The zero-order chi connectivity index (χ0) is 44.8. The predicted molar refractivity (Wildman–Crippen MR) is 205 cm³/mol. The van der Waals surface area contributed by atoms with Crippen LogP contribution in [0, 0.1) is 5.41 Å². The van der Waals surface area contributed by atoms with Crippen LogP contribution in [0.15, 0.2) is 12.7 Å². The first-order chi connectivity index (χ1) is 27.3. The van der Waals surface area contributed by atoms with Crippen molar-refractivity contribution < 1.29 is 90.4 Å². The number of phosphoric acid groups is 3. The number of carboxylic acids is 1. The molecule has 2 unspecified atom stereocenters. The van der Waals surface area contributed by atoms with Crippen molar-refractivity contribution in [3.05, 3.63) is 12.7 Å². The molecule has 0 radical (unpaired) electrons. The number of aliphatic carboxylic acids is 1. The highest BCUT2D eigenvalue weighted by atomic mass is 32.2. The van der Waals surface area contributed by atoms with Gasteiger partial charge in [-0.2, -0.15) is 4.31 Å². The molecule has 336 valence electrons. The molecule has 2 aromatic rings. The lowest BCUT2D eigenvalue weighted by molar-refractivity contribution is -0.137. The number of ether oxygens (including phenoxy) is 1. The molecule has 26 nitrogen and oxygen atoms in total. The van der Waals surface area contributed by atoms with Gasteiger partial charge >= 0.3 is 29.4 Å². The van der Waals surface area contributed by atoms with E-state index in [2.05, 4.69) is 34.4 Å². The summed E-state index contributed by atoms with van der Waals surface area (Å²) >= 11 is 1.09. The summed E-state index contributed by atoms with van der Waals surface area (Å²) in [6, 6.07) is 0. The number of rotatable bonds is 23. The van der Waals surface area contributed by atoms with Crippen molar-refractivity contribution in [3.8, 4) is 0 Å². The van der Waals surface area contributed by atoms with Crippen molar-refractivity contribution in [2.24, 2.45) is 5.41 Å². The largest absolute Gasteiger partial charge is 0.481 e. The lowest BCUT2D eigenvalue weighted by Gasteiger charge is -2.30. The van der Waals surface area contributed by atoms with Crippen molar-refractivity contribution in [1.82, 2.24) is 30.2 Å².